The van der Waals surface area contributed by atoms with Gasteiger partial charge in [-0.1, -0.05) is 67.6 Å². The van der Waals surface area contributed by atoms with E-state index < -0.39 is 17.7 Å². The average molecular weight is 541 g/mol. The highest BCUT2D eigenvalue weighted by atomic mass is 16.5. The second-order valence-corrected chi connectivity index (χ2v) is 10.3. The molecule has 0 aliphatic carbocycles. The Kier molecular flexibility index (Phi) is 8.94. The number of carbonyl (C=O) groups excluding carboxylic acids is 2. The normalized spacial score (nSPS) is 20.0. The first-order valence-corrected chi connectivity index (χ1v) is 13.9. The molecule has 2 saturated heterocycles. The predicted molar refractivity (Wildman–Crippen MR) is 154 cm³/mol. The maximum atomic E-state index is 13.4. The zero-order valence-electron chi connectivity index (χ0n) is 22.9. The summed E-state index contributed by atoms with van der Waals surface area (Å²) in [6.45, 7) is 6.86. The van der Waals surface area contributed by atoms with Crippen molar-refractivity contribution in [1.82, 2.24) is 9.80 Å². The van der Waals surface area contributed by atoms with E-state index in [0.29, 0.717) is 37.7 Å². The fourth-order valence-electron chi connectivity index (χ4n) is 5.50. The highest BCUT2D eigenvalue weighted by Gasteiger charge is 2.47. The third-order valence-electron chi connectivity index (χ3n) is 7.74. The summed E-state index contributed by atoms with van der Waals surface area (Å²) >= 11 is 0. The van der Waals surface area contributed by atoms with Crippen LogP contribution in [0.4, 0.5) is 0 Å². The third-order valence-corrected chi connectivity index (χ3v) is 7.74. The van der Waals surface area contributed by atoms with Crippen LogP contribution in [0.1, 0.15) is 36.0 Å². The molecule has 40 heavy (non-hydrogen) atoms. The monoisotopic (exact) mass is 540 g/mol. The maximum absolute atomic E-state index is 13.4. The molecular weight excluding hydrogens is 504 g/mol. The molecule has 5 rings (SSSR count). The second-order valence-electron chi connectivity index (χ2n) is 10.3. The number of aliphatic hydroxyl groups excluding tert-OH is 1. The Morgan fingerprint density at radius 3 is 2.25 bits per heavy atom. The molecule has 0 saturated carbocycles. The van der Waals surface area contributed by atoms with Crippen LogP contribution in [-0.4, -0.2) is 72.0 Å². The van der Waals surface area contributed by atoms with Crippen LogP contribution in [-0.2, 0) is 20.9 Å². The first kappa shape index (κ1) is 27.6. The molecule has 2 heterocycles. The van der Waals surface area contributed by atoms with Crippen LogP contribution in [0.25, 0.3) is 5.76 Å². The smallest absolute Gasteiger partial charge is 0.295 e. The van der Waals surface area contributed by atoms with Crippen molar-refractivity contribution in [2.45, 2.75) is 31.9 Å². The van der Waals surface area contributed by atoms with Crippen molar-refractivity contribution in [3.63, 3.8) is 0 Å². The minimum Gasteiger partial charge on any atom is -0.507 e. The van der Waals surface area contributed by atoms with Crippen molar-refractivity contribution >= 4 is 17.4 Å². The molecule has 2 unspecified atom stereocenters. The Hall–Kier alpha value is -3.94. The summed E-state index contributed by atoms with van der Waals surface area (Å²) in [5.74, 6) is -0.889. The molecule has 7 heteroatoms. The van der Waals surface area contributed by atoms with Crippen LogP contribution < -0.4 is 4.74 Å². The second kappa shape index (κ2) is 12.9. The van der Waals surface area contributed by atoms with Crippen LogP contribution in [0.5, 0.6) is 5.75 Å². The number of amides is 1. The number of hydrogen-bond acceptors (Lipinski definition) is 6. The molecule has 3 aromatic carbocycles. The van der Waals surface area contributed by atoms with Crippen molar-refractivity contribution in [2.24, 2.45) is 0 Å². The van der Waals surface area contributed by atoms with Crippen molar-refractivity contribution < 1.29 is 24.2 Å². The van der Waals surface area contributed by atoms with Gasteiger partial charge in [0.15, 0.2) is 0 Å². The number of likely N-dealkylation sites (tertiary alicyclic amines) is 1. The standard InChI is InChI=1S/C33H36N2O5/c1-24(26-11-6-3-7-12-26)30-29(32(37)33(38)35(30)18-8-17-34-19-21-39-22-20-34)31(36)27-13-15-28(16-14-27)40-23-25-9-4-2-5-10-25/h2-7,9-16,24,30,36H,8,17-23H2,1H3/b31-29+. The largest absolute Gasteiger partial charge is 0.507 e. The molecule has 1 amide bonds. The molecule has 0 bridgehead atoms. The molecule has 7 nitrogen and oxygen atoms in total. The lowest BCUT2D eigenvalue weighted by Crippen LogP contribution is -2.41. The van der Waals surface area contributed by atoms with Crippen LogP contribution in [0.15, 0.2) is 90.5 Å². The van der Waals surface area contributed by atoms with E-state index in [4.69, 9.17) is 9.47 Å². The molecule has 0 aromatic heterocycles. The zero-order valence-corrected chi connectivity index (χ0v) is 22.9. The van der Waals surface area contributed by atoms with E-state index in [1.54, 1.807) is 29.2 Å². The number of nitrogens with zero attached hydrogens (tertiary/aromatic N) is 2. The summed E-state index contributed by atoms with van der Waals surface area (Å²) in [4.78, 5) is 30.7. The first-order chi connectivity index (χ1) is 19.5. The molecule has 3 aromatic rings. The Morgan fingerprint density at radius 1 is 0.925 bits per heavy atom. The van der Waals surface area contributed by atoms with Gasteiger partial charge in [0.25, 0.3) is 11.7 Å². The summed E-state index contributed by atoms with van der Waals surface area (Å²) in [7, 11) is 0. The summed E-state index contributed by atoms with van der Waals surface area (Å²) in [6.07, 6.45) is 0.735. The number of carbonyl (C=O) groups is 2. The van der Waals surface area contributed by atoms with E-state index in [1.165, 1.54) is 0 Å². The van der Waals surface area contributed by atoms with Gasteiger partial charge in [0.05, 0.1) is 24.8 Å². The Balaban J connectivity index is 1.39. The average Bonchev–Trinajstić information content (AvgIpc) is 3.26. The van der Waals surface area contributed by atoms with Gasteiger partial charge in [-0.05, 0) is 41.8 Å². The molecule has 0 spiro atoms. The minimum atomic E-state index is -0.638. The Morgan fingerprint density at radius 2 is 1.57 bits per heavy atom. The molecular formula is C33H36N2O5. The van der Waals surface area contributed by atoms with Gasteiger partial charge in [0.1, 0.15) is 18.1 Å². The molecule has 0 radical (unpaired) electrons. The topological polar surface area (TPSA) is 79.3 Å². The van der Waals surface area contributed by atoms with E-state index in [1.807, 2.05) is 67.6 Å². The fraction of sp³-hybridized carbons (Fsp3) is 0.333. The van der Waals surface area contributed by atoms with E-state index >= 15 is 0 Å². The number of rotatable bonds is 10. The number of aliphatic hydroxyl groups is 1. The zero-order chi connectivity index (χ0) is 27.9. The van der Waals surface area contributed by atoms with Crippen molar-refractivity contribution in [3.8, 4) is 5.75 Å². The Bertz CT molecular complexity index is 1320. The van der Waals surface area contributed by atoms with E-state index in [2.05, 4.69) is 4.90 Å². The molecule has 208 valence electrons. The SMILES string of the molecule is CC(c1ccccc1)C1/C(=C(\O)c2ccc(OCc3ccccc3)cc2)C(=O)C(=O)N1CCCN1CCOCC1. The van der Waals surface area contributed by atoms with Crippen LogP contribution in [0.2, 0.25) is 0 Å². The van der Waals surface area contributed by atoms with Gasteiger partial charge in [-0.25, -0.2) is 0 Å². The van der Waals surface area contributed by atoms with E-state index in [0.717, 1.165) is 37.2 Å². The maximum Gasteiger partial charge on any atom is 0.295 e. The van der Waals surface area contributed by atoms with Crippen molar-refractivity contribution in [2.75, 3.05) is 39.4 Å². The minimum absolute atomic E-state index is 0.156. The third kappa shape index (κ3) is 6.27. The molecule has 2 atom stereocenters. The number of hydrogen-bond donors (Lipinski definition) is 1. The van der Waals surface area contributed by atoms with E-state index in [-0.39, 0.29) is 17.3 Å². The van der Waals surface area contributed by atoms with Crippen LogP contribution in [0.3, 0.4) is 0 Å². The van der Waals surface area contributed by atoms with Gasteiger partial charge >= 0.3 is 0 Å². The summed E-state index contributed by atoms with van der Waals surface area (Å²) < 4.78 is 11.3. The van der Waals surface area contributed by atoms with Gasteiger partial charge in [0.2, 0.25) is 0 Å². The highest BCUT2D eigenvalue weighted by Crippen LogP contribution is 2.37. The van der Waals surface area contributed by atoms with Gasteiger partial charge in [-0.2, -0.15) is 0 Å². The fourth-order valence-corrected chi connectivity index (χ4v) is 5.50. The quantitative estimate of drug-likeness (QED) is 0.225. The van der Waals surface area contributed by atoms with Crippen molar-refractivity contribution in [3.05, 3.63) is 107 Å². The van der Waals surface area contributed by atoms with Gasteiger partial charge in [0, 0.05) is 37.7 Å². The number of ketones is 1. The highest BCUT2D eigenvalue weighted by molar-refractivity contribution is 6.46. The number of benzene rings is 3. The molecule has 2 fully saturated rings. The van der Waals surface area contributed by atoms with Crippen molar-refractivity contribution in [1.29, 1.82) is 0 Å². The number of ether oxygens (including phenoxy) is 2. The summed E-state index contributed by atoms with van der Waals surface area (Å²) in [5, 5.41) is 11.4. The molecule has 1 N–H and O–H groups in total. The van der Waals surface area contributed by atoms with E-state index in [9.17, 15) is 14.7 Å². The van der Waals surface area contributed by atoms with Gasteiger partial charge in [-0.15, -0.1) is 0 Å². The predicted octanol–water partition coefficient (Wildman–Crippen LogP) is 4.84. The summed E-state index contributed by atoms with van der Waals surface area (Å²) in [5.41, 5.74) is 2.69. The molecule has 2 aliphatic heterocycles. The lowest BCUT2D eigenvalue weighted by Gasteiger charge is -2.32. The van der Waals surface area contributed by atoms with Crippen LogP contribution >= 0.6 is 0 Å². The van der Waals surface area contributed by atoms with Gasteiger partial charge < -0.3 is 19.5 Å². The number of morpholine rings is 1. The van der Waals surface area contributed by atoms with Crippen LogP contribution in [0, 0.1) is 0 Å². The number of Topliss-reactive ketones (excluding diaryl/α,β-unsaturated/α-hetero) is 1. The lowest BCUT2D eigenvalue weighted by atomic mass is 9.87. The Labute approximate surface area is 235 Å². The molecule has 2 aliphatic rings. The lowest BCUT2D eigenvalue weighted by molar-refractivity contribution is -0.140. The summed E-state index contributed by atoms with van der Waals surface area (Å²) in [6, 6.07) is 26.1. The van der Waals surface area contributed by atoms with Gasteiger partial charge in [-0.3, -0.25) is 14.5 Å². The first-order valence-electron chi connectivity index (χ1n) is 13.9.